The number of carbonyl (C=O) groups excluding carboxylic acids is 5. The van der Waals surface area contributed by atoms with E-state index in [0.29, 0.717) is 0 Å². The standard InChI is InChI=1S/C17H26O10/c1-7-14(24-10(3)19)16(26-12(5)21)17(27-13(6)22)15(25-11(4)20)8-23-9(2)18/h14-17H,7-8H2,1-6H3/t14-,15+,16?,17-/m1/s1. The van der Waals surface area contributed by atoms with Crippen molar-refractivity contribution in [2.24, 2.45) is 0 Å². The van der Waals surface area contributed by atoms with Gasteiger partial charge < -0.3 is 23.7 Å². The second-order valence-corrected chi connectivity index (χ2v) is 5.65. The maximum atomic E-state index is 11.6. The summed E-state index contributed by atoms with van der Waals surface area (Å²) in [7, 11) is 0. The zero-order valence-electron chi connectivity index (χ0n) is 16.3. The predicted octanol–water partition coefficient (Wildman–Crippen LogP) is 0.686. The highest BCUT2D eigenvalue weighted by Crippen LogP contribution is 2.21. The Morgan fingerprint density at radius 3 is 1.30 bits per heavy atom. The van der Waals surface area contributed by atoms with Crippen molar-refractivity contribution in [2.45, 2.75) is 72.4 Å². The lowest BCUT2D eigenvalue weighted by molar-refractivity contribution is -0.202. The monoisotopic (exact) mass is 390 g/mol. The van der Waals surface area contributed by atoms with Crippen molar-refractivity contribution in [2.75, 3.05) is 6.61 Å². The Kier molecular flexibility index (Phi) is 10.7. The average Bonchev–Trinajstić information content (AvgIpc) is 2.51. The summed E-state index contributed by atoms with van der Waals surface area (Å²) in [5.74, 6) is -3.56. The minimum Gasteiger partial charge on any atom is -0.462 e. The fraction of sp³-hybridized carbons (Fsp3) is 0.706. The summed E-state index contributed by atoms with van der Waals surface area (Å²) in [6.45, 7) is 6.82. The summed E-state index contributed by atoms with van der Waals surface area (Å²) in [5, 5.41) is 0. The Bertz CT molecular complexity index is 556. The van der Waals surface area contributed by atoms with Gasteiger partial charge in [-0.15, -0.1) is 0 Å². The van der Waals surface area contributed by atoms with Gasteiger partial charge in [-0.05, 0) is 6.42 Å². The van der Waals surface area contributed by atoms with Crippen molar-refractivity contribution in [1.82, 2.24) is 0 Å². The highest BCUT2D eigenvalue weighted by atomic mass is 16.6. The van der Waals surface area contributed by atoms with Crippen LogP contribution >= 0.6 is 0 Å². The molecule has 4 atom stereocenters. The molecule has 0 rings (SSSR count). The maximum absolute atomic E-state index is 11.6. The number of ether oxygens (including phenoxy) is 5. The first-order chi connectivity index (χ1) is 12.5. The molecule has 154 valence electrons. The van der Waals surface area contributed by atoms with Crippen LogP contribution in [-0.2, 0) is 47.7 Å². The molecular weight excluding hydrogens is 364 g/mol. The highest BCUT2D eigenvalue weighted by molar-refractivity contribution is 5.69. The molecule has 0 aliphatic heterocycles. The van der Waals surface area contributed by atoms with E-state index < -0.39 is 60.9 Å². The Balaban J connectivity index is 5.96. The van der Waals surface area contributed by atoms with E-state index in [0.717, 1.165) is 34.6 Å². The van der Waals surface area contributed by atoms with E-state index in [4.69, 9.17) is 23.7 Å². The van der Waals surface area contributed by atoms with E-state index in [1.807, 2.05) is 0 Å². The molecule has 0 N–H and O–H groups in total. The van der Waals surface area contributed by atoms with Gasteiger partial charge in [-0.1, -0.05) is 6.92 Å². The van der Waals surface area contributed by atoms with Crippen molar-refractivity contribution >= 4 is 29.8 Å². The predicted molar refractivity (Wildman–Crippen MR) is 89.1 cm³/mol. The summed E-state index contributed by atoms with van der Waals surface area (Å²) in [6.07, 6.45) is -4.75. The van der Waals surface area contributed by atoms with E-state index in [-0.39, 0.29) is 6.42 Å². The normalized spacial score (nSPS) is 14.7. The molecule has 10 nitrogen and oxygen atoms in total. The van der Waals surface area contributed by atoms with Crippen LogP contribution in [0.2, 0.25) is 0 Å². The molecule has 0 aromatic carbocycles. The van der Waals surface area contributed by atoms with Crippen molar-refractivity contribution in [1.29, 1.82) is 0 Å². The molecule has 1 unspecified atom stereocenters. The van der Waals surface area contributed by atoms with E-state index in [1.54, 1.807) is 6.92 Å². The fourth-order valence-corrected chi connectivity index (χ4v) is 2.30. The topological polar surface area (TPSA) is 132 Å². The molecule has 0 heterocycles. The van der Waals surface area contributed by atoms with Gasteiger partial charge in [-0.2, -0.15) is 0 Å². The van der Waals surface area contributed by atoms with Gasteiger partial charge in [0.2, 0.25) is 0 Å². The number of hydrogen-bond acceptors (Lipinski definition) is 10. The van der Waals surface area contributed by atoms with Gasteiger partial charge in [0.25, 0.3) is 0 Å². The van der Waals surface area contributed by atoms with Crippen LogP contribution in [0.15, 0.2) is 0 Å². The zero-order valence-corrected chi connectivity index (χ0v) is 16.3. The second-order valence-electron chi connectivity index (χ2n) is 5.65. The van der Waals surface area contributed by atoms with Crippen LogP contribution in [0.5, 0.6) is 0 Å². The molecule has 0 radical (unpaired) electrons. The minimum absolute atomic E-state index is 0.204. The molecule has 10 heteroatoms. The van der Waals surface area contributed by atoms with Crippen LogP contribution in [0.25, 0.3) is 0 Å². The van der Waals surface area contributed by atoms with E-state index in [9.17, 15) is 24.0 Å². The minimum atomic E-state index is -1.38. The van der Waals surface area contributed by atoms with E-state index >= 15 is 0 Å². The molecule has 0 bridgehead atoms. The van der Waals surface area contributed by atoms with Crippen LogP contribution in [0, 0.1) is 0 Å². The van der Waals surface area contributed by atoms with Crippen LogP contribution in [-0.4, -0.2) is 60.9 Å². The molecule has 0 fully saturated rings. The van der Waals surface area contributed by atoms with Gasteiger partial charge >= 0.3 is 29.8 Å². The SMILES string of the molecule is CC[C@@H](OC(C)=O)C(OC(C)=O)[C@H](OC(C)=O)[C@H](COC(C)=O)OC(C)=O. The van der Waals surface area contributed by atoms with Crippen molar-refractivity contribution in [3.63, 3.8) is 0 Å². The van der Waals surface area contributed by atoms with Crippen molar-refractivity contribution in [3.8, 4) is 0 Å². The van der Waals surface area contributed by atoms with Gasteiger partial charge in [-0.3, -0.25) is 24.0 Å². The Hall–Kier alpha value is -2.65. The summed E-state index contributed by atoms with van der Waals surface area (Å²) in [4.78, 5) is 57.1. The molecular formula is C17H26O10. The third-order valence-electron chi connectivity index (χ3n) is 3.15. The van der Waals surface area contributed by atoms with Crippen LogP contribution in [0.4, 0.5) is 0 Å². The van der Waals surface area contributed by atoms with Gasteiger partial charge in [0, 0.05) is 34.6 Å². The van der Waals surface area contributed by atoms with E-state index in [1.165, 1.54) is 0 Å². The second kappa shape index (κ2) is 11.9. The van der Waals surface area contributed by atoms with Gasteiger partial charge in [0.15, 0.2) is 18.3 Å². The number of esters is 5. The molecule has 0 saturated heterocycles. The molecule has 27 heavy (non-hydrogen) atoms. The first-order valence-electron chi connectivity index (χ1n) is 8.30. The third kappa shape index (κ3) is 10.2. The first-order valence-corrected chi connectivity index (χ1v) is 8.30. The van der Waals surface area contributed by atoms with Crippen LogP contribution in [0.1, 0.15) is 48.0 Å². The maximum Gasteiger partial charge on any atom is 0.303 e. The quantitative estimate of drug-likeness (QED) is 0.387. The van der Waals surface area contributed by atoms with Crippen LogP contribution < -0.4 is 0 Å². The van der Waals surface area contributed by atoms with E-state index in [2.05, 4.69) is 0 Å². The highest BCUT2D eigenvalue weighted by Gasteiger charge is 2.43. The van der Waals surface area contributed by atoms with Gasteiger partial charge in [0.05, 0.1) is 0 Å². The lowest BCUT2D eigenvalue weighted by atomic mass is 10.0. The molecule has 0 saturated carbocycles. The zero-order chi connectivity index (χ0) is 21.1. The lowest BCUT2D eigenvalue weighted by Gasteiger charge is -2.35. The van der Waals surface area contributed by atoms with Crippen molar-refractivity contribution in [3.05, 3.63) is 0 Å². The number of carbonyl (C=O) groups is 5. The average molecular weight is 390 g/mol. The van der Waals surface area contributed by atoms with Crippen molar-refractivity contribution < 1.29 is 47.7 Å². The lowest BCUT2D eigenvalue weighted by Crippen LogP contribution is -2.52. The molecule has 0 aliphatic rings. The number of rotatable bonds is 10. The Morgan fingerprint density at radius 1 is 0.593 bits per heavy atom. The molecule has 0 spiro atoms. The Labute approximate surface area is 157 Å². The summed E-state index contributed by atoms with van der Waals surface area (Å²) in [6, 6.07) is 0. The Morgan fingerprint density at radius 2 is 0.963 bits per heavy atom. The number of hydrogen-bond donors (Lipinski definition) is 0. The third-order valence-corrected chi connectivity index (χ3v) is 3.15. The molecule has 0 aliphatic carbocycles. The first kappa shape index (κ1) is 24.4. The summed E-state index contributed by atoms with van der Waals surface area (Å²) in [5.41, 5.74) is 0. The smallest absolute Gasteiger partial charge is 0.303 e. The molecule has 0 aromatic heterocycles. The van der Waals surface area contributed by atoms with Gasteiger partial charge in [-0.25, -0.2) is 0 Å². The largest absolute Gasteiger partial charge is 0.462 e. The summed E-state index contributed by atoms with van der Waals surface area (Å²) < 4.78 is 25.5. The van der Waals surface area contributed by atoms with Crippen LogP contribution in [0.3, 0.4) is 0 Å². The fourth-order valence-electron chi connectivity index (χ4n) is 2.30. The van der Waals surface area contributed by atoms with Gasteiger partial charge in [0.1, 0.15) is 12.7 Å². The summed E-state index contributed by atoms with van der Waals surface area (Å²) >= 11 is 0. The molecule has 0 aromatic rings. The molecule has 0 amide bonds.